The molecule has 4 rings (SSSR count). The van der Waals surface area contributed by atoms with Crippen LogP contribution in [0.25, 0.3) is 0 Å². The number of nitrogens with zero attached hydrogens (tertiary/aromatic N) is 3. The van der Waals surface area contributed by atoms with Gasteiger partial charge in [0, 0.05) is 11.8 Å². The van der Waals surface area contributed by atoms with E-state index in [0.29, 0.717) is 29.3 Å². The number of aryl methyl sites for hydroxylation is 2. The molecule has 0 aliphatic heterocycles. The van der Waals surface area contributed by atoms with Crippen molar-refractivity contribution in [3.63, 3.8) is 0 Å². The summed E-state index contributed by atoms with van der Waals surface area (Å²) in [5, 5.41) is 11.3. The van der Waals surface area contributed by atoms with Crippen molar-refractivity contribution in [3.8, 4) is 5.75 Å². The van der Waals surface area contributed by atoms with Crippen LogP contribution in [-0.4, -0.2) is 20.8 Å². The lowest BCUT2D eigenvalue weighted by atomic mass is 10.1. The molecule has 2 heterocycles. The largest absolute Gasteiger partial charge is 0.489 e. The summed E-state index contributed by atoms with van der Waals surface area (Å²) in [6.07, 6.45) is 0. The maximum Gasteiger partial charge on any atom is 0.278 e. The predicted octanol–water partition coefficient (Wildman–Crippen LogP) is 5.58. The van der Waals surface area contributed by atoms with Crippen LogP contribution >= 0.6 is 15.9 Å². The Morgan fingerprint density at radius 3 is 2.70 bits per heavy atom. The van der Waals surface area contributed by atoms with E-state index in [4.69, 9.17) is 9.26 Å². The summed E-state index contributed by atoms with van der Waals surface area (Å²) in [5.41, 5.74) is 4.18. The molecule has 2 aromatic carbocycles. The molecule has 0 saturated carbocycles. The standard InChI is InChI=1S/C24H22BrFN4O3/c1-14-22(25)15(2)30(28-14)12-17-6-4-8-19(10-17)27-24(31)23-21(16(3)33-29-23)13-32-20-9-5-7-18(26)11-20/h4-11H,12-13H2,1-3H3,(H,27,31). The predicted molar refractivity (Wildman–Crippen MR) is 125 cm³/mol. The third-order valence-corrected chi connectivity index (χ3v) is 6.34. The molecule has 4 aromatic rings. The third-order valence-electron chi connectivity index (χ3n) is 5.19. The fourth-order valence-corrected chi connectivity index (χ4v) is 3.68. The van der Waals surface area contributed by atoms with Gasteiger partial charge in [-0.25, -0.2) is 4.39 Å². The van der Waals surface area contributed by atoms with E-state index in [1.54, 1.807) is 25.1 Å². The number of hydrogen-bond acceptors (Lipinski definition) is 5. The van der Waals surface area contributed by atoms with Crippen molar-refractivity contribution in [2.24, 2.45) is 0 Å². The Balaban J connectivity index is 1.47. The molecule has 7 nitrogen and oxygen atoms in total. The van der Waals surface area contributed by atoms with E-state index in [9.17, 15) is 9.18 Å². The number of aromatic nitrogens is 3. The van der Waals surface area contributed by atoms with Gasteiger partial charge in [0.1, 0.15) is 23.9 Å². The van der Waals surface area contributed by atoms with E-state index in [2.05, 4.69) is 31.5 Å². The second kappa shape index (κ2) is 9.58. The topological polar surface area (TPSA) is 82.2 Å². The van der Waals surface area contributed by atoms with Gasteiger partial charge in [-0.1, -0.05) is 23.4 Å². The maximum atomic E-state index is 13.4. The maximum absolute atomic E-state index is 13.4. The first-order valence-electron chi connectivity index (χ1n) is 10.2. The van der Waals surface area contributed by atoms with Crippen LogP contribution in [0.3, 0.4) is 0 Å². The lowest BCUT2D eigenvalue weighted by Crippen LogP contribution is -2.15. The summed E-state index contributed by atoms with van der Waals surface area (Å²) in [5.74, 6) is -0.0123. The minimum Gasteiger partial charge on any atom is -0.489 e. The molecule has 9 heteroatoms. The van der Waals surface area contributed by atoms with Gasteiger partial charge in [-0.15, -0.1) is 0 Å². The lowest BCUT2D eigenvalue weighted by Gasteiger charge is -2.09. The first-order valence-corrected chi connectivity index (χ1v) is 11.0. The van der Waals surface area contributed by atoms with Crippen molar-refractivity contribution in [2.45, 2.75) is 33.9 Å². The zero-order chi connectivity index (χ0) is 23.5. The third kappa shape index (κ3) is 5.14. The Morgan fingerprint density at radius 2 is 1.97 bits per heavy atom. The minimum absolute atomic E-state index is 0.0222. The number of benzene rings is 2. The summed E-state index contributed by atoms with van der Waals surface area (Å²) in [6.45, 7) is 6.23. The molecular weight excluding hydrogens is 491 g/mol. The highest BCUT2D eigenvalue weighted by Gasteiger charge is 2.21. The Morgan fingerprint density at radius 1 is 1.18 bits per heavy atom. The van der Waals surface area contributed by atoms with Gasteiger partial charge in [-0.05, 0) is 66.5 Å². The molecule has 0 spiro atoms. The van der Waals surface area contributed by atoms with Crippen LogP contribution in [0, 0.1) is 26.6 Å². The highest BCUT2D eigenvalue weighted by atomic mass is 79.9. The van der Waals surface area contributed by atoms with Crippen LogP contribution in [-0.2, 0) is 13.2 Å². The molecule has 0 fully saturated rings. The molecule has 0 radical (unpaired) electrons. The van der Waals surface area contributed by atoms with Gasteiger partial charge in [0.15, 0.2) is 5.69 Å². The lowest BCUT2D eigenvalue weighted by molar-refractivity contribution is 0.101. The first-order chi connectivity index (χ1) is 15.8. The molecular formula is C24H22BrFN4O3. The van der Waals surface area contributed by atoms with Crippen LogP contribution in [0.4, 0.5) is 10.1 Å². The molecule has 0 aliphatic rings. The molecule has 33 heavy (non-hydrogen) atoms. The summed E-state index contributed by atoms with van der Waals surface area (Å²) in [4.78, 5) is 12.9. The highest BCUT2D eigenvalue weighted by Crippen LogP contribution is 2.23. The van der Waals surface area contributed by atoms with Crippen molar-refractivity contribution < 1.29 is 18.4 Å². The monoisotopic (exact) mass is 512 g/mol. The van der Waals surface area contributed by atoms with Crippen molar-refractivity contribution in [3.05, 3.63) is 92.8 Å². The molecule has 0 aliphatic carbocycles. The number of halogens is 2. The minimum atomic E-state index is -0.421. The van der Waals surface area contributed by atoms with E-state index < -0.39 is 11.7 Å². The van der Waals surface area contributed by atoms with Gasteiger partial charge in [0.05, 0.1) is 28.0 Å². The van der Waals surface area contributed by atoms with Gasteiger partial charge in [-0.2, -0.15) is 5.10 Å². The van der Waals surface area contributed by atoms with Crippen LogP contribution in [0.2, 0.25) is 0 Å². The molecule has 0 unspecified atom stereocenters. The van der Waals surface area contributed by atoms with Crippen LogP contribution < -0.4 is 10.1 Å². The Hall–Kier alpha value is -3.46. The van der Waals surface area contributed by atoms with Crippen LogP contribution in [0.1, 0.15) is 38.8 Å². The van der Waals surface area contributed by atoms with Crippen molar-refractivity contribution in [2.75, 3.05) is 5.32 Å². The molecule has 2 aromatic heterocycles. The van der Waals surface area contributed by atoms with Crippen molar-refractivity contribution in [1.82, 2.24) is 14.9 Å². The second-order valence-corrected chi connectivity index (χ2v) is 8.40. The number of carbonyl (C=O) groups excluding carboxylic acids is 1. The molecule has 1 N–H and O–H groups in total. The SMILES string of the molecule is Cc1nn(Cc2cccc(NC(=O)c3noc(C)c3COc3cccc(F)c3)c2)c(C)c1Br. The van der Waals surface area contributed by atoms with Crippen LogP contribution in [0.15, 0.2) is 57.5 Å². The second-order valence-electron chi connectivity index (χ2n) is 7.61. The summed E-state index contributed by atoms with van der Waals surface area (Å²) in [7, 11) is 0. The normalized spacial score (nSPS) is 10.9. The van der Waals surface area contributed by atoms with Gasteiger partial charge in [0.2, 0.25) is 0 Å². The van der Waals surface area contributed by atoms with E-state index >= 15 is 0 Å². The van der Waals surface area contributed by atoms with Gasteiger partial charge in [-0.3, -0.25) is 9.48 Å². The summed E-state index contributed by atoms with van der Waals surface area (Å²) < 4.78 is 27.1. The molecule has 0 bridgehead atoms. The fourth-order valence-electron chi connectivity index (χ4n) is 3.39. The zero-order valence-electron chi connectivity index (χ0n) is 18.4. The number of hydrogen-bond donors (Lipinski definition) is 1. The summed E-state index contributed by atoms with van der Waals surface area (Å²) in [6, 6.07) is 13.3. The zero-order valence-corrected chi connectivity index (χ0v) is 19.9. The molecule has 170 valence electrons. The van der Waals surface area contributed by atoms with E-state index in [-0.39, 0.29) is 12.3 Å². The average Bonchev–Trinajstić information content (AvgIpc) is 3.27. The van der Waals surface area contributed by atoms with Crippen molar-refractivity contribution >= 4 is 27.5 Å². The van der Waals surface area contributed by atoms with Gasteiger partial charge in [0.25, 0.3) is 5.91 Å². The number of anilines is 1. The van der Waals surface area contributed by atoms with Crippen LogP contribution in [0.5, 0.6) is 5.75 Å². The number of rotatable bonds is 7. The van der Waals surface area contributed by atoms with Gasteiger partial charge >= 0.3 is 0 Å². The summed E-state index contributed by atoms with van der Waals surface area (Å²) >= 11 is 3.54. The Labute approximate surface area is 198 Å². The number of nitrogens with one attached hydrogen (secondary N) is 1. The number of amides is 1. The fraction of sp³-hybridized carbons (Fsp3) is 0.208. The highest BCUT2D eigenvalue weighted by molar-refractivity contribution is 9.10. The average molecular weight is 513 g/mol. The Kier molecular flexibility index (Phi) is 6.60. The quantitative estimate of drug-likeness (QED) is 0.349. The van der Waals surface area contributed by atoms with E-state index in [1.807, 2.05) is 36.7 Å². The van der Waals surface area contributed by atoms with Gasteiger partial charge < -0.3 is 14.6 Å². The molecule has 0 saturated heterocycles. The molecule has 1 amide bonds. The number of carbonyl (C=O) groups is 1. The Bertz CT molecular complexity index is 1320. The van der Waals surface area contributed by atoms with E-state index in [1.165, 1.54) is 12.1 Å². The molecule has 0 atom stereocenters. The first kappa shape index (κ1) is 22.7. The van der Waals surface area contributed by atoms with E-state index in [0.717, 1.165) is 21.4 Å². The van der Waals surface area contributed by atoms with Crippen molar-refractivity contribution in [1.29, 1.82) is 0 Å². The number of ether oxygens (including phenoxy) is 1. The smallest absolute Gasteiger partial charge is 0.278 e.